The summed E-state index contributed by atoms with van der Waals surface area (Å²) in [7, 11) is 1.95. The molecule has 1 saturated carbocycles. The number of nitrogens with one attached hydrogen (secondary N) is 1. The summed E-state index contributed by atoms with van der Waals surface area (Å²) in [6.45, 7) is 3.62. The maximum Gasteiger partial charge on any atom is 0.223 e. The van der Waals surface area contributed by atoms with Crippen LogP contribution in [0.1, 0.15) is 31.2 Å². The number of hydrogen-bond acceptors (Lipinski definition) is 4. The van der Waals surface area contributed by atoms with Crippen molar-refractivity contribution in [2.75, 3.05) is 19.7 Å². The molecule has 0 radical (unpaired) electrons. The van der Waals surface area contributed by atoms with Crippen LogP contribution in [0.4, 0.5) is 0 Å². The molecule has 1 aromatic rings. The van der Waals surface area contributed by atoms with Gasteiger partial charge in [0, 0.05) is 62.9 Å². The second-order valence-corrected chi connectivity index (χ2v) is 7.30. The first-order valence-electron chi connectivity index (χ1n) is 8.81. The number of likely N-dealkylation sites (tertiary alicyclic amines) is 1. The number of ether oxygens (including phenoxy) is 1. The van der Waals surface area contributed by atoms with Gasteiger partial charge in [-0.3, -0.25) is 14.4 Å². The number of rotatable bonds is 4. The molecular weight excluding hydrogens is 292 g/mol. The summed E-state index contributed by atoms with van der Waals surface area (Å²) >= 11 is 0. The Labute approximate surface area is 137 Å². The Morgan fingerprint density at radius 3 is 3.00 bits per heavy atom. The van der Waals surface area contributed by atoms with Crippen LogP contribution in [0.3, 0.4) is 0 Å². The van der Waals surface area contributed by atoms with E-state index >= 15 is 0 Å². The van der Waals surface area contributed by atoms with Gasteiger partial charge in [0.2, 0.25) is 5.91 Å². The Bertz CT molecular complexity index is 569. The van der Waals surface area contributed by atoms with E-state index in [1.54, 1.807) is 0 Å². The van der Waals surface area contributed by atoms with Crippen LogP contribution in [0.25, 0.3) is 0 Å². The molecular formula is C17H26N4O2. The maximum atomic E-state index is 12.6. The molecule has 0 unspecified atom stereocenters. The third-order valence-electron chi connectivity index (χ3n) is 5.38. The van der Waals surface area contributed by atoms with Gasteiger partial charge < -0.3 is 10.1 Å². The third-order valence-corrected chi connectivity index (χ3v) is 5.38. The Kier molecular flexibility index (Phi) is 4.11. The van der Waals surface area contributed by atoms with E-state index in [9.17, 15) is 4.79 Å². The second kappa shape index (κ2) is 6.24. The average Bonchev–Trinajstić information content (AvgIpc) is 3.27. The number of amides is 1. The minimum Gasteiger partial charge on any atom is -0.378 e. The molecule has 3 aliphatic rings. The lowest BCUT2D eigenvalue weighted by Crippen LogP contribution is -2.53. The van der Waals surface area contributed by atoms with Gasteiger partial charge in [0.05, 0.1) is 12.3 Å². The quantitative estimate of drug-likeness (QED) is 0.897. The van der Waals surface area contributed by atoms with E-state index in [0.717, 1.165) is 51.9 Å². The predicted octanol–water partition coefficient (Wildman–Crippen LogP) is 0.926. The Hall–Kier alpha value is -1.40. The molecule has 1 N–H and O–H groups in total. The van der Waals surface area contributed by atoms with Crippen molar-refractivity contribution in [2.24, 2.45) is 18.9 Å². The van der Waals surface area contributed by atoms with Crippen molar-refractivity contribution in [2.45, 2.75) is 44.4 Å². The molecule has 6 nitrogen and oxygen atoms in total. The number of carbonyl (C=O) groups is 1. The lowest BCUT2D eigenvalue weighted by molar-refractivity contribution is -0.142. The highest BCUT2D eigenvalue weighted by Gasteiger charge is 2.42. The van der Waals surface area contributed by atoms with Crippen molar-refractivity contribution in [3.8, 4) is 0 Å². The number of nitrogens with zero attached hydrogens (tertiary/aromatic N) is 3. The molecule has 0 spiro atoms. The molecule has 2 saturated heterocycles. The molecule has 3 heterocycles. The van der Waals surface area contributed by atoms with Crippen LogP contribution in [0.5, 0.6) is 0 Å². The van der Waals surface area contributed by atoms with E-state index < -0.39 is 0 Å². The van der Waals surface area contributed by atoms with Crippen LogP contribution < -0.4 is 5.32 Å². The smallest absolute Gasteiger partial charge is 0.223 e. The highest BCUT2D eigenvalue weighted by atomic mass is 16.5. The van der Waals surface area contributed by atoms with Gasteiger partial charge in [-0.15, -0.1) is 0 Å². The van der Waals surface area contributed by atoms with Crippen molar-refractivity contribution >= 4 is 5.91 Å². The summed E-state index contributed by atoms with van der Waals surface area (Å²) in [5.74, 6) is 0.702. The molecule has 0 aromatic carbocycles. The van der Waals surface area contributed by atoms with Gasteiger partial charge in [-0.25, -0.2) is 0 Å². The van der Waals surface area contributed by atoms with Crippen LogP contribution in [-0.2, 0) is 23.1 Å². The molecule has 23 heavy (non-hydrogen) atoms. The first-order valence-corrected chi connectivity index (χ1v) is 8.81. The summed E-state index contributed by atoms with van der Waals surface area (Å²) in [5.41, 5.74) is 1.24. The molecule has 1 aromatic heterocycles. The van der Waals surface area contributed by atoms with Crippen molar-refractivity contribution in [3.63, 3.8) is 0 Å². The number of piperidine rings is 1. The lowest BCUT2D eigenvalue weighted by Gasteiger charge is -2.44. The highest BCUT2D eigenvalue weighted by Crippen LogP contribution is 2.34. The van der Waals surface area contributed by atoms with E-state index in [2.05, 4.69) is 21.5 Å². The summed E-state index contributed by atoms with van der Waals surface area (Å²) < 4.78 is 7.81. The first kappa shape index (κ1) is 15.1. The molecule has 0 bridgehead atoms. The summed E-state index contributed by atoms with van der Waals surface area (Å²) in [5, 5.41) is 7.45. The van der Waals surface area contributed by atoms with Gasteiger partial charge in [0.25, 0.3) is 0 Å². The zero-order valence-electron chi connectivity index (χ0n) is 13.8. The number of aromatic nitrogens is 2. The van der Waals surface area contributed by atoms with Gasteiger partial charge in [-0.1, -0.05) is 0 Å². The van der Waals surface area contributed by atoms with E-state index in [-0.39, 0.29) is 17.9 Å². The van der Waals surface area contributed by atoms with Crippen molar-refractivity contribution in [1.29, 1.82) is 0 Å². The van der Waals surface area contributed by atoms with E-state index in [0.29, 0.717) is 12.0 Å². The molecule has 6 heteroatoms. The van der Waals surface area contributed by atoms with Crippen molar-refractivity contribution in [1.82, 2.24) is 20.0 Å². The SMILES string of the molecule is Cn1cc(CN2CC[C@H]3OCC[C@@H](C(=O)NC4CC4)[C@H]3C2)cn1. The fourth-order valence-corrected chi connectivity index (χ4v) is 4.00. The fraction of sp³-hybridized carbons (Fsp3) is 0.765. The van der Waals surface area contributed by atoms with Gasteiger partial charge in [0.1, 0.15) is 0 Å². The number of fused-ring (bicyclic) bond motifs is 1. The molecule has 3 atom stereocenters. The standard InChI is InChI=1S/C17H26N4O2/c1-20-9-12(8-18-20)10-21-6-4-16-15(11-21)14(5-7-23-16)17(22)19-13-2-3-13/h8-9,13-16H,2-7,10-11H2,1H3,(H,19,22)/t14-,15-,16-/m1/s1. The maximum absolute atomic E-state index is 12.6. The fourth-order valence-electron chi connectivity index (χ4n) is 4.00. The van der Waals surface area contributed by atoms with Gasteiger partial charge in [-0.05, 0) is 25.7 Å². The zero-order chi connectivity index (χ0) is 15.8. The summed E-state index contributed by atoms with van der Waals surface area (Å²) in [6, 6.07) is 0.443. The van der Waals surface area contributed by atoms with Gasteiger partial charge in [-0.2, -0.15) is 5.10 Å². The second-order valence-electron chi connectivity index (χ2n) is 7.30. The van der Waals surface area contributed by atoms with E-state index in [1.165, 1.54) is 5.56 Å². The first-order chi connectivity index (χ1) is 11.2. The topological polar surface area (TPSA) is 59.4 Å². The number of carbonyl (C=O) groups excluding carboxylic acids is 1. The molecule has 3 fully saturated rings. The van der Waals surface area contributed by atoms with Crippen LogP contribution in [0.2, 0.25) is 0 Å². The van der Waals surface area contributed by atoms with E-state index in [4.69, 9.17) is 4.74 Å². The molecule has 4 rings (SSSR count). The van der Waals surface area contributed by atoms with Crippen molar-refractivity contribution in [3.05, 3.63) is 18.0 Å². The van der Waals surface area contributed by atoms with Crippen molar-refractivity contribution < 1.29 is 9.53 Å². The highest BCUT2D eigenvalue weighted by molar-refractivity contribution is 5.79. The minimum atomic E-state index is 0.117. The average molecular weight is 318 g/mol. The summed E-state index contributed by atoms with van der Waals surface area (Å²) in [4.78, 5) is 15.0. The van der Waals surface area contributed by atoms with Crippen LogP contribution >= 0.6 is 0 Å². The molecule has 1 amide bonds. The Balaban J connectivity index is 1.41. The monoisotopic (exact) mass is 318 g/mol. The lowest BCUT2D eigenvalue weighted by atomic mass is 9.79. The van der Waals surface area contributed by atoms with Gasteiger partial charge >= 0.3 is 0 Å². The van der Waals surface area contributed by atoms with E-state index in [1.807, 2.05) is 17.9 Å². The molecule has 126 valence electrons. The summed E-state index contributed by atoms with van der Waals surface area (Å²) in [6.07, 6.45) is 8.44. The van der Waals surface area contributed by atoms with Crippen LogP contribution in [-0.4, -0.2) is 52.4 Å². The Morgan fingerprint density at radius 1 is 1.39 bits per heavy atom. The van der Waals surface area contributed by atoms with Crippen LogP contribution in [0, 0.1) is 11.8 Å². The predicted molar refractivity (Wildman–Crippen MR) is 85.6 cm³/mol. The molecule has 2 aliphatic heterocycles. The normalized spacial score (nSPS) is 31.6. The number of aryl methyl sites for hydroxylation is 1. The Morgan fingerprint density at radius 2 is 2.26 bits per heavy atom. The van der Waals surface area contributed by atoms with Crippen LogP contribution in [0.15, 0.2) is 12.4 Å². The largest absolute Gasteiger partial charge is 0.378 e. The third kappa shape index (κ3) is 3.43. The zero-order valence-corrected chi connectivity index (χ0v) is 13.8. The van der Waals surface area contributed by atoms with Gasteiger partial charge in [0.15, 0.2) is 0 Å². The molecule has 1 aliphatic carbocycles. The minimum absolute atomic E-state index is 0.117. The number of hydrogen-bond donors (Lipinski definition) is 1.